The van der Waals surface area contributed by atoms with E-state index >= 15 is 0 Å². The van der Waals surface area contributed by atoms with Crippen LogP contribution in [0.3, 0.4) is 0 Å². The van der Waals surface area contributed by atoms with Crippen molar-refractivity contribution in [1.82, 2.24) is 23.3 Å². The highest BCUT2D eigenvalue weighted by Crippen LogP contribution is 2.40. The summed E-state index contributed by atoms with van der Waals surface area (Å²) in [6.07, 6.45) is 0. The van der Waals surface area contributed by atoms with E-state index in [2.05, 4.69) is 194 Å². The first-order valence-corrected chi connectivity index (χ1v) is 17.0. The predicted octanol–water partition coefficient (Wildman–Crippen LogP) is 11.2. The van der Waals surface area contributed by atoms with Gasteiger partial charge in [0.15, 0.2) is 0 Å². The second kappa shape index (κ2) is 10.3. The second-order valence-electron chi connectivity index (χ2n) is 12.9. The summed E-state index contributed by atoms with van der Waals surface area (Å²) in [6.45, 7) is 0. The minimum atomic E-state index is 0.921. The van der Waals surface area contributed by atoms with Crippen LogP contribution in [0.2, 0.25) is 0 Å². The molecular weight excluding hydrogens is 611 g/mol. The van der Waals surface area contributed by atoms with Crippen LogP contribution in [0, 0.1) is 0 Å². The first-order valence-electron chi connectivity index (χ1n) is 17.0. The molecule has 0 aliphatic carbocycles. The van der Waals surface area contributed by atoms with Crippen molar-refractivity contribution >= 4 is 65.7 Å². The first-order chi connectivity index (χ1) is 24.8. The molecule has 0 spiro atoms. The van der Waals surface area contributed by atoms with E-state index in [1.807, 2.05) is 0 Å². The third-order valence-corrected chi connectivity index (χ3v) is 10.1. The topological polar surface area (TPSA) is 32.6 Å². The van der Waals surface area contributed by atoms with Crippen LogP contribution < -0.4 is 0 Å². The molecule has 5 nitrogen and oxygen atoms in total. The largest absolute Gasteiger partial charge is 0.295 e. The molecule has 6 aromatic carbocycles. The molecule has 50 heavy (non-hydrogen) atoms. The molecule has 5 aromatic heterocycles. The van der Waals surface area contributed by atoms with Crippen molar-refractivity contribution in [2.24, 2.45) is 0 Å². The maximum Gasteiger partial charge on any atom is 0.149 e. The summed E-state index contributed by atoms with van der Waals surface area (Å²) in [5.74, 6) is 2.10. The Bertz CT molecular complexity index is 2880. The van der Waals surface area contributed by atoms with E-state index < -0.39 is 0 Å². The quantitative estimate of drug-likeness (QED) is 0.189. The molecule has 0 N–H and O–H groups in total. The molecule has 5 heteroatoms. The molecule has 5 heterocycles. The van der Waals surface area contributed by atoms with Gasteiger partial charge in [-0.15, -0.1) is 0 Å². The number of pyridine rings is 1. The molecule has 0 unspecified atom stereocenters. The normalized spacial score (nSPS) is 12.0. The SMILES string of the molecule is c1ccc(-n2c(-n3c4ccccc4c4cc5c6ccccc6n(-c6cc7ccccc7n6-c6ccccc6)c5nc43)cc3ccccc32)cc1. The maximum atomic E-state index is 5.71. The van der Waals surface area contributed by atoms with E-state index in [9.17, 15) is 0 Å². The van der Waals surface area contributed by atoms with Gasteiger partial charge in [-0.2, -0.15) is 0 Å². The lowest BCUT2D eigenvalue weighted by Gasteiger charge is -2.15. The number of hydrogen-bond acceptors (Lipinski definition) is 1. The van der Waals surface area contributed by atoms with Crippen molar-refractivity contribution in [1.29, 1.82) is 0 Å². The summed E-state index contributed by atoms with van der Waals surface area (Å²) in [5.41, 5.74) is 8.61. The van der Waals surface area contributed by atoms with Gasteiger partial charge in [-0.3, -0.25) is 18.3 Å². The van der Waals surface area contributed by atoms with Gasteiger partial charge in [0.2, 0.25) is 0 Å². The molecule has 234 valence electrons. The maximum absolute atomic E-state index is 5.71. The lowest BCUT2D eigenvalue weighted by atomic mass is 10.1. The molecule has 0 saturated carbocycles. The Morgan fingerprint density at radius 1 is 0.300 bits per heavy atom. The highest BCUT2D eigenvalue weighted by molar-refractivity contribution is 6.17. The fraction of sp³-hybridized carbons (Fsp3) is 0. The zero-order valence-electron chi connectivity index (χ0n) is 27.0. The first kappa shape index (κ1) is 27.1. The van der Waals surface area contributed by atoms with Gasteiger partial charge in [-0.25, -0.2) is 4.98 Å². The summed E-state index contributed by atoms with van der Waals surface area (Å²) in [4.78, 5) is 5.71. The second-order valence-corrected chi connectivity index (χ2v) is 12.9. The summed E-state index contributed by atoms with van der Waals surface area (Å²) in [7, 11) is 0. The van der Waals surface area contributed by atoms with Gasteiger partial charge in [0, 0.05) is 43.7 Å². The number of aromatic nitrogens is 5. The van der Waals surface area contributed by atoms with Crippen molar-refractivity contribution in [3.63, 3.8) is 0 Å². The van der Waals surface area contributed by atoms with Crippen molar-refractivity contribution in [2.75, 3.05) is 0 Å². The number of fused-ring (bicyclic) bond motifs is 8. The molecule has 0 aliphatic rings. The molecule has 0 radical (unpaired) electrons. The minimum absolute atomic E-state index is 0.921. The van der Waals surface area contributed by atoms with E-state index in [-0.39, 0.29) is 0 Å². The zero-order chi connectivity index (χ0) is 32.8. The van der Waals surface area contributed by atoms with E-state index in [0.717, 1.165) is 67.1 Å². The zero-order valence-corrected chi connectivity index (χ0v) is 27.0. The highest BCUT2D eigenvalue weighted by Gasteiger charge is 2.24. The average molecular weight is 640 g/mol. The lowest BCUT2D eigenvalue weighted by molar-refractivity contribution is 0.975. The van der Waals surface area contributed by atoms with Crippen molar-refractivity contribution < 1.29 is 0 Å². The molecule has 0 fully saturated rings. The Hall–Kier alpha value is -6.85. The van der Waals surface area contributed by atoms with Crippen LogP contribution in [0.25, 0.3) is 88.7 Å². The van der Waals surface area contributed by atoms with E-state index in [1.165, 1.54) is 21.5 Å². The van der Waals surface area contributed by atoms with E-state index in [4.69, 9.17) is 4.98 Å². The van der Waals surface area contributed by atoms with Crippen LogP contribution in [-0.4, -0.2) is 23.3 Å². The third kappa shape index (κ3) is 3.74. The van der Waals surface area contributed by atoms with Crippen LogP contribution >= 0.6 is 0 Å². The van der Waals surface area contributed by atoms with E-state index in [0.29, 0.717) is 0 Å². The number of hydrogen-bond donors (Lipinski definition) is 0. The smallest absolute Gasteiger partial charge is 0.149 e. The van der Waals surface area contributed by atoms with Crippen molar-refractivity contribution in [3.8, 4) is 23.0 Å². The van der Waals surface area contributed by atoms with Crippen molar-refractivity contribution in [2.45, 2.75) is 0 Å². The number of para-hydroxylation sites is 6. The molecule has 0 amide bonds. The molecule has 0 aliphatic heterocycles. The highest BCUT2D eigenvalue weighted by atomic mass is 15.2. The minimum Gasteiger partial charge on any atom is -0.295 e. The van der Waals surface area contributed by atoms with Gasteiger partial charge in [0.05, 0.1) is 22.1 Å². The average Bonchev–Trinajstić information content (AvgIpc) is 3.92. The summed E-state index contributed by atoms with van der Waals surface area (Å²) >= 11 is 0. The van der Waals surface area contributed by atoms with Gasteiger partial charge in [0.1, 0.15) is 22.9 Å². The summed E-state index contributed by atoms with van der Waals surface area (Å²) < 4.78 is 9.42. The molecular formula is C45H29N5. The monoisotopic (exact) mass is 639 g/mol. The fourth-order valence-corrected chi connectivity index (χ4v) is 8.02. The van der Waals surface area contributed by atoms with Gasteiger partial charge < -0.3 is 0 Å². The Kier molecular flexibility index (Phi) is 5.60. The Morgan fingerprint density at radius 2 is 0.680 bits per heavy atom. The van der Waals surface area contributed by atoms with Gasteiger partial charge >= 0.3 is 0 Å². The predicted molar refractivity (Wildman–Crippen MR) is 207 cm³/mol. The Balaban J connectivity index is 1.31. The number of rotatable bonds is 4. The van der Waals surface area contributed by atoms with Crippen LogP contribution in [0.4, 0.5) is 0 Å². The Morgan fingerprint density at radius 3 is 1.14 bits per heavy atom. The lowest BCUT2D eigenvalue weighted by Crippen LogP contribution is -2.06. The molecule has 0 atom stereocenters. The molecule has 0 saturated heterocycles. The van der Waals surface area contributed by atoms with Gasteiger partial charge in [-0.1, -0.05) is 109 Å². The third-order valence-electron chi connectivity index (χ3n) is 10.1. The van der Waals surface area contributed by atoms with E-state index in [1.54, 1.807) is 0 Å². The van der Waals surface area contributed by atoms with Crippen LogP contribution in [-0.2, 0) is 0 Å². The number of nitrogens with zero attached hydrogens (tertiary/aromatic N) is 5. The Labute approximate surface area is 287 Å². The van der Waals surface area contributed by atoms with Crippen molar-refractivity contribution in [3.05, 3.63) is 176 Å². The molecule has 11 aromatic rings. The van der Waals surface area contributed by atoms with Crippen LogP contribution in [0.15, 0.2) is 176 Å². The molecule has 0 bridgehead atoms. The van der Waals surface area contributed by atoms with Crippen LogP contribution in [0.1, 0.15) is 0 Å². The van der Waals surface area contributed by atoms with Gasteiger partial charge in [0.25, 0.3) is 0 Å². The molecule has 11 rings (SSSR count). The standard InChI is InChI=1S/C45H29N5/c1-3-17-32(18-4-1)47-38-23-11-7-15-30(38)27-42(47)49-40-25-13-9-21-34(40)36-29-37-35-22-10-14-26-41(35)50(45(37)46-44(36)49)43-28-31-16-8-12-24-39(31)48(43)33-19-5-2-6-20-33/h1-29H. The van der Waals surface area contributed by atoms with Crippen LogP contribution in [0.5, 0.6) is 0 Å². The summed E-state index contributed by atoms with van der Waals surface area (Å²) in [5, 5.41) is 6.97. The fourth-order valence-electron chi connectivity index (χ4n) is 8.02. The number of benzene rings is 6. The summed E-state index contributed by atoms with van der Waals surface area (Å²) in [6, 6.07) is 62.8. The van der Waals surface area contributed by atoms with Gasteiger partial charge in [-0.05, 0) is 66.7 Å².